The molecule has 0 aliphatic heterocycles. The van der Waals surface area contributed by atoms with E-state index < -0.39 is 5.97 Å². The second-order valence-corrected chi connectivity index (χ2v) is 4.04. The topological polar surface area (TPSA) is 55.1 Å². The Morgan fingerprint density at radius 1 is 1.44 bits per heavy atom. The zero-order valence-electron chi connectivity index (χ0n) is 9.83. The number of aromatic carboxylic acids is 1. The Morgan fingerprint density at radius 3 is 2.31 bits per heavy atom. The maximum absolute atomic E-state index is 11.1. The lowest BCUT2D eigenvalue weighted by molar-refractivity contribution is 0.0696. The first-order chi connectivity index (χ1) is 7.56. The number of carbonyl (C=O) groups is 1. The molecule has 0 fully saturated rings. The van der Waals surface area contributed by atoms with E-state index in [0.717, 1.165) is 12.8 Å². The van der Waals surface area contributed by atoms with Gasteiger partial charge in [-0.1, -0.05) is 32.4 Å². The van der Waals surface area contributed by atoms with Crippen LogP contribution in [0.4, 0.5) is 0 Å². The van der Waals surface area contributed by atoms with Crippen LogP contribution < -0.4 is 0 Å². The van der Waals surface area contributed by atoms with E-state index in [9.17, 15) is 4.79 Å². The predicted molar refractivity (Wildman–Crippen MR) is 63.2 cm³/mol. The highest BCUT2D eigenvalue weighted by atomic mass is 35.5. The van der Waals surface area contributed by atoms with Gasteiger partial charge in [-0.3, -0.25) is 0 Å². The summed E-state index contributed by atoms with van der Waals surface area (Å²) in [5.74, 6) is -1.00. The van der Waals surface area contributed by atoms with Crippen LogP contribution in [0.5, 0.6) is 0 Å². The summed E-state index contributed by atoms with van der Waals surface area (Å²) >= 11 is 6.08. The summed E-state index contributed by atoms with van der Waals surface area (Å²) in [6, 6.07) is 0.172. The number of aryl methyl sites for hydroxylation is 1. The average Bonchev–Trinajstić information content (AvgIpc) is 2.58. The van der Waals surface area contributed by atoms with Crippen molar-refractivity contribution in [2.75, 3.05) is 0 Å². The minimum absolute atomic E-state index is 0.149. The molecule has 0 spiro atoms. The zero-order chi connectivity index (χ0) is 12.3. The molecular formula is C11H17ClN2O2. The molecule has 0 amide bonds. The standard InChI is InChI=1S/C11H17ClN2O2/c1-4-7(5-2)14-10(12)9(11(15)16)8(6-3)13-14/h7H,4-6H2,1-3H3,(H,15,16). The first-order valence-electron chi connectivity index (χ1n) is 5.56. The Balaban J connectivity index is 3.27. The van der Waals surface area contributed by atoms with Crippen LogP contribution in [0, 0.1) is 0 Å². The van der Waals surface area contributed by atoms with E-state index in [1.54, 1.807) is 4.68 Å². The van der Waals surface area contributed by atoms with Gasteiger partial charge in [0.15, 0.2) is 0 Å². The number of aromatic nitrogens is 2. The molecule has 0 radical (unpaired) electrons. The minimum Gasteiger partial charge on any atom is -0.478 e. The Kier molecular flexibility index (Phi) is 4.35. The van der Waals surface area contributed by atoms with Crippen LogP contribution in [-0.4, -0.2) is 20.9 Å². The fourth-order valence-electron chi connectivity index (χ4n) is 1.79. The maximum Gasteiger partial charge on any atom is 0.340 e. The highest BCUT2D eigenvalue weighted by molar-refractivity contribution is 6.32. The van der Waals surface area contributed by atoms with Crippen molar-refractivity contribution in [3.05, 3.63) is 16.4 Å². The van der Waals surface area contributed by atoms with Crippen LogP contribution in [0.2, 0.25) is 5.15 Å². The lowest BCUT2D eigenvalue weighted by Gasteiger charge is -2.13. The van der Waals surface area contributed by atoms with Gasteiger partial charge in [0, 0.05) is 0 Å². The molecule has 1 heterocycles. The Morgan fingerprint density at radius 2 is 2.00 bits per heavy atom. The van der Waals surface area contributed by atoms with Crippen molar-refractivity contribution < 1.29 is 9.90 Å². The summed E-state index contributed by atoms with van der Waals surface area (Å²) in [7, 11) is 0. The lowest BCUT2D eigenvalue weighted by Crippen LogP contribution is -2.09. The zero-order valence-corrected chi connectivity index (χ0v) is 10.6. The van der Waals surface area contributed by atoms with E-state index in [1.165, 1.54) is 0 Å². The van der Waals surface area contributed by atoms with E-state index >= 15 is 0 Å². The molecule has 0 unspecified atom stereocenters. The van der Waals surface area contributed by atoms with Crippen molar-refractivity contribution in [2.45, 2.75) is 46.1 Å². The van der Waals surface area contributed by atoms with Crippen molar-refractivity contribution in [3.8, 4) is 0 Å². The van der Waals surface area contributed by atoms with Gasteiger partial charge in [-0.05, 0) is 19.3 Å². The van der Waals surface area contributed by atoms with Crippen molar-refractivity contribution >= 4 is 17.6 Å². The molecule has 1 rings (SSSR count). The van der Waals surface area contributed by atoms with Crippen molar-refractivity contribution in [2.24, 2.45) is 0 Å². The van der Waals surface area contributed by atoms with Gasteiger partial charge in [0.1, 0.15) is 10.7 Å². The maximum atomic E-state index is 11.1. The van der Waals surface area contributed by atoms with Crippen molar-refractivity contribution in [3.63, 3.8) is 0 Å². The Bertz CT molecular complexity index is 384. The number of carboxylic acids is 1. The number of halogens is 1. The van der Waals surface area contributed by atoms with Gasteiger partial charge < -0.3 is 5.11 Å². The van der Waals surface area contributed by atoms with Gasteiger partial charge in [0.2, 0.25) is 0 Å². The van der Waals surface area contributed by atoms with Gasteiger partial charge in [0.25, 0.3) is 0 Å². The average molecular weight is 245 g/mol. The van der Waals surface area contributed by atoms with Gasteiger partial charge >= 0.3 is 5.97 Å². The van der Waals surface area contributed by atoms with Crippen LogP contribution in [-0.2, 0) is 6.42 Å². The van der Waals surface area contributed by atoms with Gasteiger partial charge in [0.05, 0.1) is 11.7 Å². The third-order valence-electron chi connectivity index (χ3n) is 2.76. The molecule has 0 aromatic carbocycles. The quantitative estimate of drug-likeness (QED) is 0.866. The van der Waals surface area contributed by atoms with E-state index in [-0.39, 0.29) is 16.8 Å². The molecule has 0 aliphatic carbocycles. The Labute approximate surface area is 100 Å². The fraction of sp³-hybridized carbons (Fsp3) is 0.636. The first kappa shape index (κ1) is 13.0. The van der Waals surface area contributed by atoms with Gasteiger partial charge in [-0.2, -0.15) is 5.10 Å². The van der Waals surface area contributed by atoms with Crippen LogP contribution in [0.3, 0.4) is 0 Å². The van der Waals surface area contributed by atoms with Gasteiger partial charge in [-0.15, -0.1) is 0 Å². The minimum atomic E-state index is -1.00. The SMILES string of the molecule is CCc1nn(C(CC)CC)c(Cl)c1C(=O)O. The molecule has 5 heteroatoms. The van der Waals surface area contributed by atoms with Crippen LogP contribution in [0.15, 0.2) is 0 Å². The summed E-state index contributed by atoms with van der Waals surface area (Å²) < 4.78 is 1.64. The highest BCUT2D eigenvalue weighted by Gasteiger charge is 2.23. The molecule has 1 N–H and O–H groups in total. The molecular weight excluding hydrogens is 228 g/mol. The predicted octanol–water partition coefficient (Wildman–Crippen LogP) is 3.16. The molecule has 16 heavy (non-hydrogen) atoms. The molecule has 0 atom stereocenters. The fourth-order valence-corrected chi connectivity index (χ4v) is 2.16. The largest absolute Gasteiger partial charge is 0.478 e. The molecule has 0 bridgehead atoms. The molecule has 4 nitrogen and oxygen atoms in total. The molecule has 0 saturated carbocycles. The molecule has 0 aliphatic rings. The summed E-state index contributed by atoms with van der Waals surface area (Å²) in [5, 5.41) is 13.6. The lowest BCUT2D eigenvalue weighted by atomic mass is 10.2. The molecule has 0 saturated heterocycles. The van der Waals surface area contributed by atoms with Crippen LogP contribution in [0.25, 0.3) is 0 Å². The monoisotopic (exact) mass is 244 g/mol. The normalized spacial score (nSPS) is 11.1. The van der Waals surface area contributed by atoms with Crippen molar-refractivity contribution in [1.29, 1.82) is 0 Å². The van der Waals surface area contributed by atoms with E-state index in [4.69, 9.17) is 16.7 Å². The van der Waals surface area contributed by atoms with Crippen LogP contribution >= 0.6 is 11.6 Å². The summed E-state index contributed by atoms with van der Waals surface area (Å²) in [6.45, 7) is 5.96. The summed E-state index contributed by atoms with van der Waals surface area (Å²) in [4.78, 5) is 11.1. The smallest absolute Gasteiger partial charge is 0.340 e. The number of rotatable bonds is 5. The number of carboxylic acid groups (broad SMARTS) is 1. The number of nitrogens with zero attached hydrogens (tertiary/aromatic N) is 2. The molecule has 1 aromatic heterocycles. The first-order valence-corrected chi connectivity index (χ1v) is 5.94. The second-order valence-electron chi connectivity index (χ2n) is 3.69. The second kappa shape index (κ2) is 5.34. The number of hydrogen-bond donors (Lipinski definition) is 1. The van der Waals surface area contributed by atoms with E-state index in [1.807, 2.05) is 20.8 Å². The third kappa shape index (κ3) is 2.21. The summed E-state index contributed by atoms with van der Waals surface area (Å²) in [5.41, 5.74) is 0.709. The van der Waals surface area contributed by atoms with Crippen molar-refractivity contribution in [1.82, 2.24) is 9.78 Å². The molecule has 90 valence electrons. The highest BCUT2D eigenvalue weighted by Crippen LogP contribution is 2.27. The third-order valence-corrected chi connectivity index (χ3v) is 3.12. The van der Waals surface area contributed by atoms with E-state index in [2.05, 4.69) is 5.10 Å². The Hall–Kier alpha value is -1.03. The van der Waals surface area contributed by atoms with Gasteiger partial charge in [-0.25, -0.2) is 9.48 Å². The molecule has 1 aromatic rings. The van der Waals surface area contributed by atoms with E-state index in [0.29, 0.717) is 12.1 Å². The number of hydrogen-bond acceptors (Lipinski definition) is 2. The van der Waals surface area contributed by atoms with Crippen LogP contribution in [0.1, 0.15) is 55.7 Å². The summed E-state index contributed by atoms with van der Waals surface area (Å²) in [6.07, 6.45) is 2.36.